The normalized spacial score (nSPS) is 10.7. The number of phenols is 9. The number of phenolic OH excluding ortho intramolecular Hbond substituents is 9. The van der Waals surface area contributed by atoms with Gasteiger partial charge in [0.05, 0.1) is 0 Å². The highest BCUT2D eigenvalue weighted by Gasteiger charge is 2.10. The van der Waals surface area contributed by atoms with Crippen LogP contribution in [0.5, 0.6) is 51.7 Å². The molecular formula is C116H86O9. The fraction of sp³-hybridized carbons (Fsp3) is 0. The molecule has 0 aliphatic carbocycles. The Balaban J connectivity index is 0.000000104. The maximum absolute atomic E-state index is 10.1. The average molecular weight is 1620 g/mol. The van der Waals surface area contributed by atoms with Crippen molar-refractivity contribution in [2.24, 2.45) is 0 Å². The van der Waals surface area contributed by atoms with Gasteiger partial charge >= 0.3 is 0 Å². The summed E-state index contributed by atoms with van der Waals surface area (Å²) in [6.07, 6.45) is 0. The molecule has 9 N–H and O–H groups in total. The van der Waals surface area contributed by atoms with Crippen molar-refractivity contribution in [3.05, 3.63) is 467 Å². The molecule has 0 aliphatic heterocycles. The smallest absolute Gasteiger partial charge is 0.131 e. The summed E-state index contributed by atoms with van der Waals surface area (Å²) in [5.74, 6) is 3.04. The first-order valence-electron chi connectivity index (χ1n) is 41.0. The monoisotopic (exact) mass is 1620 g/mol. The average Bonchev–Trinajstić information content (AvgIpc) is 0.797. The minimum atomic E-state index is 0.305. The lowest BCUT2D eigenvalue weighted by Crippen LogP contribution is -1.77. The fourth-order valence-corrected chi connectivity index (χ4v) is 15.7. The van der Waals surface area contributed by atoms with Gasteiger partial charge in [0, 0.05) is 32.3 Å². The van der Waals surface area contributed by atoms with Crippen molar-refractivity contribution < 1.29 is 46.0 Å². The molecule has 24 aromatic rings. The molecule has 0 saturated carbocycles. The maximum atomic E-state index is 10.1. The zero-order chi connectivity index (χ0) is 86.0. The number of aromatic hydroxyl groups is 9. The third-order valence-corrected chi connectivity index (χ3v) is 21.9. The van der Waals surface area contributed by atoms with Crippen LogP contribution in [0, 0.1) is 0 Å². The first-order valence-corrected chi connectivity index (χ1v) is 41.0. The highest BCUT2D eigenvalue weighted by atomic mass is 16.3. The Morgan fingerprint density at radius 1 is 0.112 bits per heavy atom. The Morgan fingerprint density at radius 2 is 0.408 bits per heavy atom. The molecule has 0 bridgehead atoms. The van der Waals surface area contributed by atoms with Gasteiger partial charge in [0.2, 0.25) is 0 Å². The van der Waals surface area contributed by atoms with Gasteiger partial charge in [-0.05, 0) is 221 Å². The van der Waals surface area contributed by atoms with Gasteiger partial charge in [-0.2, -0.15) is 0 Å². The zero-order valence-corrected chi connectivity index (χ0v) is 68.0. The van der Waals surface area contributed by atoms with Crippen molar-refractivity contribution >= 4 is 151 Å². The molecule has 0 saturated heterocycles. The van der Waals surface area contributed by atoms with Crippen LogP contribution in [-0.2, 0) is 0 Å². The van der Waals surface area contributed by atoms with E-state index >= 15 is 0 Å². The molecule has 604 valence electrons. The second-order valence-corrected chi connectivity index (χ2v) is 30.0. The van der Waals surface area contributed by atoms with Crippen molar-refractivity contribution in [1.82, 2.24) is 0 Å². The van der Waals surface area contributed by atoms with E-state index in [0.717, 1.165) is 119 Å². The van der Waals surface area contributed by atoms with Gasteiger partial charge in [-0.3, -0.25) is 0 Å². The summed E-state index contributed by atoms with van der Waals surface area (Å²) in [5, 5.41) is 117. The Bertz CT molecular complexity index is 7780. The summed E-state index contributed by atoms with van der Waals surface area (Å²) in [5.41, 5.74) is 2.29. The first-order chi connectivity index (χ1) is 61.2. The van der Waals surface area contributed by atoms with Gasteiger partial charge in [0.15, 0.2) is 0 Å². The van der Waals surface area contributed by atoms with Crippen molar-refractivity contribution in [1.29, 1.82) is 0 Å². The molecule has 0 spiro atoms. The van der Waals surface area contributed by atoms with E-state index in [1.165, 1.54) is 43.3 Å². The lowest BCUT2D eigenvalue weighted by molar-refractivity contribution is 0.475. The van der Waals surface area contributed by atoms with E-state index in [4.69, 9.17) is 10.2 Å². The third kappa shape index (κ3) is 19.4. The molecule has 0 radical (unpaired) electrons. The van der Waals surface area contributed by atoms with Gasteiger partial charge in [0.1, 0.15) is 51.7 Å². The number of hydrogen-bond donors (Lipinski definition) is 9. The minimum Gasteiger partial charge on any atom is -0.508 e. The molecule has 0 atom stereocenters. The molecule has 125 heavy (non-hydrogen) atoms. The number of hydrogen-bond acceptors (Lipinski definition) is 9. The molecule has 0 aromatic heterocycles. The van der Waals surface area contributed by atoms with Crippen LogP contribution in [-0.4, -0.2) is 46.0 Å². The van der Waals surface area contributed by atoms with Crippen LogP contribution in [0.25, 0.3) is 162 Å². The van der Waals surface area contributed by atoms with Crippen LogP contribution in [0.15, 0.2) is 467 Å². The molecule has 24 aromatic carbocycles. The highest BCUT2D eigenvalue weighted by molar-refractivity contribution is 6.13. The van der Waals surface area contributed by atoms with Crippen LogP contribution in [0.4, 0.5) is 0 Å². The van der Waals surface area contributed by atoms with E-state index < -0.39 is 0 Å². The summed E-state index contributed by atoms with van der Waals surface area (Å²) in [7, 11) is 0. The topological polar surface area (TPSA) is 182 Å². The second-order valence-electron chi connectivity index (χ2n) is 30.0. The van der Waals surface area contributed by atoms with Crippen LogP contribution in [0.1, 0.15) is 0 Å². The van der Waals surface area contributed by atoms with E-state index in [1.807, 2.05) is 322 Å². The quantitative estimate of drug-likeness (QED) is 0.0571. The maximum Gasteiger partial charge on any atom is 0.131 e. The van der Waals surface area contributed by atoms with Gasteiger partial charge in [-0.15, -0.1) is 0 Å². The molecule has 0 unspecified atom stereocenters. The zero-order valence-electron chi connectivity index (χ0n) is 68.0. The van der Waals surface area contributed by atoms with Crippen LogP contribution in [0.3, 0.4) is 0 Å². The van der Waals surface area contributed by atoms with Crippen molar-refractivity contribution in [2.45, 2.75) is 0 Å². The lowest BCUT2D eigenvalue weighted by atomic mass is 10.0. The van der Waals surface area contributed by atoms with E-state index in [0.29, 0.717) is 51.7 Å². The Morgan fingerprint density at radius 3 is 0.984 bits per heavy atom. The van der Waals surface area contributed by atoms with Crippen molar-refractivity contribution in [2.75, 3.05) is 0 Å². The van der Waals surface area contributed by atoms with Crippen molar-refractivity contribution in [3.63, 3.8) is 0 Å². The molecule has 0 aliphatic rings. The number of rotatable bonds is 1. The Kier molecular flexibility index (Phi) is 25.2. The summed E-state index contributed by atoms with van der Waals surface area (Å²) >= 11 is 0. The molecule has 0 heterocycles. The number of fused-ring (bicyclic) bond motifs is 18. The van der Waals surface area contributed by atoms with Gasteiger partial charge in [-0.25, -0.2) is 0 Å². The molecule has 0 amide bonds. The predicted molar refractivity (Wildman–Crippen MR) is 523 cm³/mol. The summed E-state index contributed by atoms with van der Waals surface area (Å²) in [6.45, 7) is 0. The van der Waals surface area contributed by atoms with E-state index in [2.05, 4.69) is 84.9 Å². The SMILES string of the molecule is Oc1c2ccccc2cc2ccccc12.Oc1cc2ccccc2c2ccccc12.Oc1ccc(-c2ccccc2)cc1.Oc1ccc2c(ccc3ccccc32)c1.Oc1ccc2ccc3ccccc3c2c1.Oc1ccc2ccccc2c1.Oc1cccc2cc3ccccc3cc12.Oc1cccc2ccc3ccccc3c12.Oc1cccc2ccccc12. The fourth-order valence-electron chi connectivity index (χ4n) is 15.7. The van der Waals surface area contributed by atoms with Gasteiger partial charge in [-0.1, -0.05) is 376 Å². The Labute approximate surface area is 722 Å². The van der Waals surface area contributed by atoms with E-state index in [1.54, 1.807) is 60.7 Å². The van der Waals surface area contributed by atoms with Crippen LogP contribution in [0.2, 0.25) is 0 Å². The molecular weight excluding hydrogens is 1540 g/mol. The Hall–Kier alpha value is -16.9. The molecule has 9 heteroatoms. The van der Waals surface area contributed by atoms with E-state index in [9.17, 15) is 35.7 Å². The molecule has 0 fully saturated rings. The van der Waals surface area contributed by atoms with E-state index in [-0.39, 0.29) is 0 Å². The predicted octanol–water partition coefficient (Wildman–Crippen LogP) is 30.3. The standard InChI is InChI=1S/6C14H10O.C12H10O.2C10H8O/c15-14-12-7-3-1-5-10(12)9-11-6-2-4-8-13(11)14;15-14-9-10-5-1-2-6-11(10)12-7-3-4-8-13(12)14;15-13-7-3-5-11-9-8-10-4-1-2-6-12(10)14(11)13;15-14-7-3-6-12-8-10-4-1-2-5-11(10)9-13(12)14;15-12-7-8-14-11(9-12)6-5-10-3-1-2-4-13(10)14;15-12-8-7-11-6-5-10-3-1-2-4-13(10)14(11)9-12;13-12-8-6-11(7-9-12)10-4-2-1-3-5-10;11-10-7-3-5-8-4-1-2-6-9(8)10;11-10-6-5-8-3-1-2-4-9(8)7-10/h6*1-9,15H;1-9,13H;2*1-7,11H. The van der Waals surface area contributed by atoms with Gasteiger partial charge < -0.3 is 46.0 Å². The number of benzene rings is 24. The first kappa shape index (κ1) is 81.8. The van der Waals surface area contributed by atoms with Crippen LogP contribution < -0.4 is 0 Å². The third-order valence-electron chi connectivity index (χ3n) is 21.9. The largest absolute Gasteiger partial charge is 0.508 e. The highest BCUT2D eigenvalue weighted by Crippen LogP contribution is 2.38. The van der Waals surface area contributed by atoms with Crippen molar-refractivity contribution in [3.8, 4) is 62.9 Å². The van der Waals surface area contributed by atoms with Gasteiger partial charge in [0.25, 0.3) is 0 Å². The molecule has 9 nitrogen and oxygen atoms in total. The van der Waals surface area contributed by atoms with Crippen LogP contribution >= 0.6 is 0 Å². The summed E-state index contributed by atoms with van der Waals surface area (Å²) in [4.78, 5) is 0. The summed E-state index contributed by atoms with van der Waals surface area (Å²) < 4.78 is 0. The summed E-state index contributed by atoms with van der Waals surface area (Å²) in [6, 6.07) is 151. The minimum absolute atomic E-state index is 0.305. The second kappa shape index (κ2) is 38.5. The lowest BCUT2D eigenvalue weighted by Gasteiger charge is -2.05. The molecule has 24 rings (SSSR count).